The fourth-order valence-electron chi connectivity index (χ4n) is 2.79. The number of rotatable bonds is 4. The second-order valence-electron chi connectivity index (χ2n) is 6.68. The van der Waals surface area contributed by atoms with Gasteiger partial charge in [-0.25, -0.2) is 0 Å². The van der Waals surface area contributed by atoms with Gasteiger partial charge in [-0.1, -0.05) is 6.07 Å². The molecule has 2 rings (SSSR count). The van der Waals surface area contributed by atoms with Crippen molar-refractivity contribution in [3.05, 3.63) is 30.1 Å². The molecule has 1 fully saturated rings. The Labute approximate surface area is 135 Å². The lowest BCUT2D eigenvalue weighted by atomic mass is 10.0. The van der Waals surface area contributed by atoms with Gasteiger partial charge in [0.1, 0.15) is 11.6 Å². The number of pyridine rings is 1. The first kappa shape index (κ1) is 17.4. The third-order valence-electron chi connectivity index (χ3n) is 3.77. The predicted molar refractivity (Wildman–Crippen MR) is 83.2 cm³/mol. The summed E-state index contributed by atoms with van der Waals surface area (Å²) in [6, 6.07) is 2.45. The lowest BCUT2D eigenvalue weighted by Gasteiger charge is -2.30. The lowest BCUT2D eigenvalue weighted by Crippen LogP contribution is -2.47. The van der Waals surface area contributed by atoms with Crippen molar-refractivity contribution < 1.29 is 19.4 Å². The quantitative estimate of drug-likeness (QED) is 0.801. The smallest absolute Gasteiger partial charge is 0.325 e. The van der Waals surface area contributed by atoms with Gasteiger partial charge in [0.25, 0.3) is 0 Å². The SMILES string of the molecule is CC(C)(C)OC(=O)[C@@H]1CCN([C@H](C(=O)O)c2cccnc2)[C@@H]1N. The van der Waals surface area contributed by atoms with Gasteiger partial charge in [0.15, 0.2) is 0 Å². The van der Waals surface area contributed by atoms with Gasteiger partial charge in [0.05, 0.1) is 12.1 Å². The van der Waals surface area contributed by atoms with Crippen LogP contribution in [0, 0.1) is 5.92 Å². The van der Waals surface area contributed by atoms with Crippen LogP contribution in [0.3, 0.4) is 0 Å². The summed E-state index contributed by atoms with van der Waals surface area (Å²) in [5.41, 5.74) is 6.10. The number of nitrogens with two attached hydrogens (primary N) is 1. The molecule has 0 aromatic carbocycles. The van der Waals surface area contributed by atoms with Crippen molar-refractivity contribution in [3.8, 4) is 0 Å². The zero-order valence-corrected chi connectivity index (χ0v) is 13.6. The minimum absolute atomic E-state index is 0.386. The van der Waals surface area contributed by atoms with E-state index in [0.717, 1.165) is 0 Å². The molecule has 3 N–H and O–H groups in total. The van der Waals surface area contributed by atoms with E-state index in [1.165, 1.54) is 6.20 Å². The molecule has 1 aromatic rings. The summed E-state index contributed by atoms with van der Waals surface area (Å²) in [7, 11) is 0. The third kappa shape index (κ3) is 4.05. The Balaban J connectivity index is 2.18. The highest BCUT2D eigenvalue weighted by molar-refractivity contribution is 5.77. The average molecular weight is 321 g/mol. The van der Waals surface area contributed by atoms with Crippen LogP contribution in [-0.4, -0.2) is 45.2 Å². The molecule has 126 valence electrons. The van der Waals surface area contributed by atoms with Crippen molar-refractivity contribution in [3.63, 3.8) is 0 Å². The molecular formula is C16H23N3O4. The number of aliphatic carboxylic acids is 1. The van der Waals surface area contributed by atoms with Crippen molar-refractivity contribution in [2.24, 2.45) is 11.7 Å². The minimum atomic E-state index is -1.02. The fourth-order valence-corrected chi connectivity index (χ4v) is 2.79. The van der Waals surface area contributed by atoms with Crippen LogP contribution < -0.4 is 5.73 Å². The van der Waals surface area contributed by atoms with Gasteiger partial charge < -0.3 is 15.6 Å². The highest BCUT2D eigenvalue weighted by atomic mass is 16.6. The number of carboxylic acid groups (broad SMARTS) is 1. The number of carbonyl (C=O) groups excluding carboxylic acids is 1. The molecule has 3 atom stereocenters. The molecule has 0 spiro atoms. The largest absolute Gasteiger partial charge is 0.480 e. The lowest BCUT2D eigenvalue weighted by molar-refractivity contribution is -0.161. The van der Waals surface area contributed by atoms with E-state index >= 15 is 0 Å². The first-order valence-corrected chi connectivity index (χ1v) is 7.57. The average Bonchev–Trinajstić information content (AvgIpc) is 2.80. The summed E-state index contributed by atoms with van der Waals surface area (Å²) in [5, 5.41) is 9.58. The van der Waals surface area contributed by atoms with Gasteiger partial charge in [-0.3, -0.25) is 19.5 Å². The van der Waals surface area contributed by atoms with Crippen LogP contribution >= 0.6 is 0 Å². The highest BCUT2D eigenvalue weighted by Crippen LogP contribution is 2.32. The van der Waals surface area contributed by atoms with Crippen molar-refractivity contribution in [1.29, 1.82) is 0 Å². The van der Waals surface area contributed by atoms with E-state index in [1.54, 1.807) is 44.0 Å². The molecular weight excluding hydrogens is 298 g/mol. The second-order valence-corrected chi connectivity index (χ2v) is 6.68. The monoisotopic (exact) mass is 321 g/mol. The molecule has 0 radical (unpaired) electrons. The van der Waals surface area contributed by atoms with Gasteiger partial charge >= 0.3 is 11.9 Å². The summed E-state index contributed by atoms with van der Waals surface area (Å²) < 4.78 is 5.38. The minimum Gasteiger partial charge on any atom is -0.480 e. The standard InChI is InChI=1S/C16H23N3O4/c1-16(2,3)23-15(22)11-6-8-19(13(11)17)12(14(20)21)10-5-4-7-18-9-10/h4-5,7,9,11-13H,6,8,17H2,1-3H3,(H,20,21)/t11-,12+,13+/m1/s1. The topological polar surface area (TPSA) is 106 Å². The summed E-state index contributed by atoms with van der Waals surface area (Å²) in [5.74, 6) is -1.94. The molecule has 1 aliphatic heterocycles. The Morgan fingerprint density at radius 3 is 2.70 bits per heavy atom. The summed E-state index contributed by atoms with van der Waals surface area (Å²) in [4.78, 5) is 29.5. The van der Waals surface area contributed by atoms with Crippen LogP contribution in [-0.2, 0) is 14.3 Å². The molecule has 2 heterocycles. The predicted octanol–water partition coefficient (Wildman–Crippen LogP) is 1.16. The number of hydrogen-bond donors (Lipinski definition) is 2. The molecule has 0 aliphatic carbocycles. The van der Waals surface area contributed by atoms with Gasteiger partial charge in [0.2, 0.25) is 0 Å². The van der Waals surface area contributed by atoms with Crippen LogP contribution in [0.1, 0.15) is 38.8 Å². The van der Waals surface area contributed by atoms with E-state index in [2.05, 4.69) is 4.98 Å². The Hall–Kier alpha value is -1.99. The summed E-state index contributed by atoms with van der Waals surface area (Å²) >= 11 is 0. The molecule has 0 saturated carbocycles. The normalized spacial score (nSPS) is 23.5. The number of likely N-dealkylation sites (tertiary alicyclic amines) is 1. The maximum Gasteiger partial charge on any atom is 0.325 e. The number of carboxylic acids is 1. The fraction of sp³-hybridized carbons (Fsp3) is 0.562. The number of esters is 1. The summed E-state index contributed by atoms with van der Waals surface area (Å²) in [6.45, 7) is 5.79. The molecule has 23 heavy (non-hydrogen) atoms. The summed E-state index contributed by atoms with van der Waals surface area (Å²) in [6.07, 6.45) is 2.86. The number of nitrogens with zero attached hydrogens (tertiary/aromatic N) is 2. The van der Waals surface area contributed by atoms with E-state index in [1.807, 2.05) is 0 Å². The molecule has 1 aromatic heterocycles. The maximum absolute atomic E-state index is 12.3. The number of aromatic nitrogens is 1. The Kier molecular flexibility index (Phi) is 5.01. The number of hydrogen-bond acceptors (Lipinski definition) is 6. The van der Waals surface area contributed by atoms with E-state index in [0.29, 0.717) is 18.5 Å². The van der Waals surface area contributed by atoms with E-state index in [-0.39, 0.29) is 5.97 Å². The number of ether oxygens (including phenoxy) is 1. The Morgan fingerprint density at radius 1 is 1.48 bits per heavy atom. The Bertz CT molecular complexity index is 570. The first-order valence-electron chi connectivity index (χ1n) is 7.57. The van der Waals surface area contributed by atoms with Gasteiger partial charge in [-0.05, 0) is 38.8 Å². The van der Waals surface area contributed by atoms with Gasteiger partial charge in [-0.15, -0.1) is 0 Å². The van der Waals surface area contributed by atoms with E-state index in [9.17, 15) is 14.7 Å². The van der Waals surface area contributed by atoms with Crippen LogP contribution in [0.2, 0.25) is 0 Å². The van der Waals surface area contributed by atoms with Gasteiger partial charge in [-0.2, -0.15) is 0 Å². The molecule has 0 unspecified atom stereocenters. The van der Waals surface area contributed by atoms with Crippen LogP contribution in [0.4, 0.5) is 0 Å². The highest BCUT2D eigenvalue weighted by Gasteiger charge is 2.44. The van der Waals surface area contributed by atoms with Crippen molar-refractivity contribution in [2.45, 2.75) is 45.0 Å². The first-order chi connectivity index (χ1) is 10.7. The second kappa shape index (κ2) is 6.64. The van der Waals surface area contributed by atoms with E-state index in [4.69, 9.17) is 10.5 Å². The van der Waals surface area contributed by atoms with E-state index < -0.39 is 29.7 Å². The van der Waals surface area contributed by atoms with Crippen molar-refractivity contribution >= 4 is 11.9 Å². The molecule has 7 heteroatoms. The number of carbonyl (C=O) groups is 2. The zero-order valence-electron chi connectivity index (χ0n) is 13.6. The third-order valence-corrected chi connectivity index (χ3v) is 3.77. The molecule has 0 amide bonds. The Morgan fingerprint density at radius 2 is 2.17 bits per heavy atom. The van der Waals surface area contributed by atoms with Crippen LogP contribution in [0.25, 0.3) is 0 Å². The molecule has 0 bridgehead atoms. The van der Waals surface area contributed by atoms with Crippen molar-refractivity contribution in [2.75, 3.05) is 6.54 Å². The zero-order chi connectivity index (χ0) is 17.2. The van der Waals surface area contributed by atoms with Crippen molar-refractivity contribution in [1.82, 2.24) is 9.88 Å². The molecule has 1 aliphatic rings. The molecule has 1 saturated heterocycles. The van der Waals surface area contributed by atoms with Crippen LogP contribution in [0.15, 0.2) is 24.5 Å². The maximum atomic E-state index is 12.3. The van der Waals surface area contributed by atoms with Crippen LogP contribution in [0.5, 0.6) is 0 Å². The van der Waals surface area contributed by atoms with Gasteiger partial charge in [0, 0.05) is 18.9 Å². The molecule has 7 nitrogen and oxygen atoms in total.